The Morgan fingerprint density at radius 1 is 1.07 bits per heavy atom. The molecule has 0 radical (unpaired) electrons. The standard InChI is InChI=1S/C21H19FN4S/c1-14-13-26-20(19(24-21(26)27-14)17-5-2-3-11-23-17)18-6-4-12-25(18)16-9-7-15(22)8-10-16/h2-12,14,19-20H,13H2,1H3/t14-,19-,20-/m1/s1. The minimum absolute atomic E-state index is 0.0460. The summed E-state index contributed by atoms with van der Waals surface area (Å²) in [4.78, 5) is 12.0. The second kappa shape index (κ2) is 6.53. The first kappa shape index (κ1) is 16.6. The molecule has 6 heteroatoms. The van der Waals surface area contributed by atoms with Gasteiger partial charge in [0.1, 0.15) is 11.9 Å². The van der Waals surface area contributed by atoms with Crippen LogP contribution in [0.25, 0.3) is 5.69 Å². The smallest absolute Gasteiger partial charge is 0.160 e. The van der Waals surface area contributed by atoms with Crippen molar-refractivity contribution in [1.29, 1.82) is 0 Å². The summed E-state index contributed by atoms with van der Waals surface area (Å²) in [5, 5.41) is 1.61. The van der Waals surface area contributed by atoms with Gasteiger partial charge in [-0.25, -0.2) is 4.39 Å². The molecule has 0 saturated carbocycles. The molecule has 3 atom stereocenters. The summed E-state index contributed by atoms with van der Waals surface area (Å²) >= 11 is 1.83. The molecule has 4 nitrogen and oxygen atoms in total. The minimum atomic E-state index is -0.227. The van der Waals surface area contributed by atoms with Crippen molar-refractivity contribution < 1.29 is 4.39 Å². The number of rotatable bonds is 3. The largest absolute Gasteiger partial charge is 0.339 e. The van der Waals surface area contributed by atoms with E-state index in [2.05, 4.69) is 27.4 Å². The van der Waals surface area contributed by atoms with Crippen LogP contribution in [0.2, 0.25) is 0 Å². The van der Waals surface area contributed by atoms with Gasteiger partial charge in [-0.2, -0.15) is 0 Å². The van der Waals surface area contributed by atoms with Crippen LogP contribution in [0.1, 0.15) is 30.4 Å². The van der Waals surface area contributed by atoms with Crippen LogP contribution >= 0.6 is 11.8 Å². The SMILES string of the molecule is C[C@@H]1CN2C(=N[C@H](c3ccccn3)[C@H]2c2cccn2-c2ccc(F)cc2)S1. The Balaban J connectivity index is 1.60. The van der Waals surface area contributed by atoms with Gasteiger partial charge in [0.05, 0.1) is 11.7 Å². The van der Waals surface area contributed by atoms with E-state index >= 15 is 0 Å². The molecular weight excluding hydrogens is 359 g/mol. The van der Waals surface area contributed by atoms with Crippen LogP contribution in [-0.2, 0) is 0 Å². The molecule has 136 valence electrons. The third-order valence-electron chi connectivity index (χ3n) is 5.07. The van der Waals surface area contributed by atoms with Gasteiger partial charge in [0.15, 0.2) is 5.17 Å². The molecule has 1 fully saturated rings. The lowest BCUT2D eigenvalue weighted by Crippen LogP contribution is -2.30. The van der Waals surface area contributed by atoms with Gasteiger partial charge in [-0.3, -0.25) is 9.98 Å². The molecule has 0 N–H and O–H groups in total. The van der Waals surface area contributed by atoms with Crippen molar-refractivity contribution in [3.63, 3.8) is 0 Å². The highest BCUT2D eigenvalue weighted by Gasteiger charge is 2.44. The van der Waals surface area contributed by atoms with Gasteiger partial charge in [0, 0.05) is 35.6 Å². The van der Waals surface area contributed by atoms with Crippen LogP contribution in [0.5, 0.6) is 0 Å². The molecule has 3 aromatic rings. The van der Waals surface area contributed by atoms with Crippen molar-refractivity contribution in [2.75, 3.05) is 6.54 Å². The zero-order valence-corrected chi connectivity index (χ0v) is 15.7. The van der Waals surface area contributed by atoms with Gasteiger partial charge in [-0.05, 0) is 48.5 Å². The topological polar surface area (TPSA) is 33.4 Å². The van der Waals surface area contributed by atoms with Crippen LogP contribution in [0.4, 0.5) is 4.39 Å². The normalized spacial score (nSPS) is 24.1. The first-order chi connectivity index (χ1) is 13.2. The van der Waals surface area contributed by atoms with Gasteiger partial charge in [-0.1, -0.05) is 24.8 Å². The third-order valence-corrected chi connectivity index (χ3v) is 6.17. The number of pyridine rings is 1. The maximum atomic E-state index is 13.4. The molecule has 0 bridgehead atoms. The number of hydrogen-bond acceptors (Lipinski definition) is 4. The molecule has 1 saturated heterocycles. The molecule has 2 aliphatic heterocycles. The Morgan fingerprint density at radius 3 is 2.70 bits per heavy atom. The number of nitrogens with zero attached hydrogens (tertiary/aromatic N) is 4. The van der Waals surface area contributed by atoms with Crippen molar-refractivity contribution in [3.05, 3.63) is 84.2 Å². The van der Waals surface area contributed by atoms with Crippen LogP contribution in [0, 0.1) is 5.82 Å². The Morgan fingerprint density at radius 2 is 1.93 bits per heavy atom. The Hall–Kier alpha value is -2.60. The van der Waals surface area contributed by atoms with E-state index < -0.39 is 0 Å². The lowest BCUT2D eigenvalue weighted by molar-refractivity contribution is 0.312. The highest BCUT2D eigenvalue weighted by Crippen LogP contribution is 2.47. The number of halogens is 1. The first-order valence-electron chi connectivity index (χ1n) is 9.06. The highest BCUT2D eigenvalue weighted by molar-refractivity contribution is 8.14. The Kier molecular flexibility index (Phi) is 4.01. The van der Waals surface area contributed by atoms with Crippen LogP contribution < -0.4 is 0 Å². The molecule has 2 aliphatic rings. The van der Waals surface area contributed by atoms with Crippen LogP contribution in [-0.4, -0.2) is 31.4 Å². The average molecular weight is 378 g/mol. The summed E-state index contributed by atoms with van der Waals surface area (Å²) < 4.78 is 15.5. The van der Waals surface area contributed by atoms with Gasteiger partial charge < -0.3 is 9.47 Å². The highest BCUT2D eigenvalue weighted by atomic mass is 32.2. The van der Waals surface area contributed by atoms with E-state index in [0.717, 1.165) is 28.8 Å². The summed E-state index contributed by atoms with van der Waals surface area (Å²) in [6, 6.07) is 16.8. The summed E-state index contributed by atoms with van der Waals surface area (Å²) in [6.07, 6.45) is 3.85. The maximum Gasteiger partial charge on any atom is 0.160 e. The lowest BCUT2D eigenvalue weighted by atomic mass is 10.0. The zero-order chi connectivity index (χ0) is 18.4. The van der Waals surface area contributed by atoms with E-state index in [-0.39, 0.29) is 17.9 Å². The molecule has 2 aromatic heterocycles. The Labute approximate surface area is 161 Å². The summed E-state index contributed by atoms with van der Waals surface area (Å²) in [7, 11) is 0. The van der Waals surface area contributed by atoms with Gasteiger partial charge in [-0.15, -0.1) is 0 Å². The third kappa shape index (κ3) is 2.84. The fourth-order valence-electron chi connectivity index (χ4n) is 3.91. The van der Waals surface area contributed by atoms with E-state index in [1.165, 1.54) is 12.1 Å². The van der Waals surface area contributed by atoms with Crippen LogP contribution in [0.15, 0.2) is 72.0 Å². The van der Waals surface area contributed by atoms with E-state index in [0.29, 0.717) is 5.25 Å². The number of hydrogen-bond donors (Lipinski definition) is 0. The number of thioether (sulfide) groups is 1. The van der Waals surface area contributed by atoms with E-state index in [1.54, 1.807) is 0 Å². The fraction of sp³-hybridized carbons (Fsp3) is 0.238. The average Bonchev–Trinajstić information content (AvgIpc) is 3.37. The molecule has 0 unspecified atom stereocenters. The van der Waals surface area contributed by atoms with E-state index in [9.17, 15) is 4.39 Å². The zero-order valence-electron chi connectivity index (χ0n) is 14.9. The maximum absolute atomic E-state index is 13.4. The predicted molar refractivity (Wildman–Crippen MR) is 107 cm³/mol. The van der Waals surface area contributed by atoms with Crippen molar-refractivity contribution in [2.24, 2.45) is 4.99 Å². The van der Waals surface area contributed by atoms with Crippen LogP contribution in [0.3, 0.4) is 0 Å². The quantitative estimate of drug-likeness (QED) is 0.668. The summed E-state index contributed by atoms with van der Waals surface area (Å²) in [5.41, 5.74) is 3.07. The summed E-state index contributed by atoms with van der Waals surface area (Å²) in [6.45, 7) is 3.20. The van der Waals surface area contributed by atoms with Crippen molar-refractivity contribution >= 4 is 16.9 Å². The lowest BCUT2D eigenvalue weighted by Gasteiger charge is -2.28. The Bertz CT molecular complexity index is 983. The van der Waals surface area contributed by atoms with Gasteiger partial charge in [0.2, 0.25) is 0 Å². The molecule has 0 spiro atoms. The number of benzene rings is 1. The summed E-state index contributed by atoms with van der Waals surface area (Å²) in [5.74, 6) is -0.227. The molecule has 4 heterocycles. The fourth-order valence-corrected chi connectivity index (χ4v) is 5.00. The first-order valence-corrected chi connectivity index (χ1v) is 9.94. The van der Waals surface area contributed by atoms with E-state index in [4.69, 9.17) is 4.99 Å². The molecule has 0 amide bonds. The van der Waals surface area contributed by atoms with Crippen molar-refractivity contribution in [3.8, 4) is 5.69 Å². The van der Waals surface area contributed by atoms with Gasteiger partial charge in [0.25, 0.3) is 0 Å². The molecule has 27 heavy (non-hydrogen) atoms. The minimum Gasteiger partial charge on any atom is -0.339 e. The molecule has 1 aromatic carbocycles. The number of fused-ring (bicyclic) bond motifs is 1. The molecular formula is C21H19FN4S. The molecule has 5 rings (SSSR count). The number of aliphatic imine (C=N–C) groups is 1. The predicted octanol–water partition coefficient (Wildman–Crippen LogP) is 4.60. The van der Waals surface area contributed by atoms with Crippen molar-refractivity contribution in [1.82, 2.24) is 14.5 Å². The van der Waals surface area contributed by atoms with Gasteiger partial charge >= 0.3 is 0 Å². The van der Waals surface area contributed by atoms with Crippen molar-refractivity contribution in [2.45, 2.75) is 24.3 Å². The second-order valence-electron chi connectivity index (χ2n) is 6.92. The second-order valence-corrected chi connectivity index (χ2v) is 8.32. The number of aromatic nitrogens is 2. The number of amidine groups is 1. The monoisotopic (exact) mass is 378 g/mol. The van der Waals surface area contributed by atoms with E-state index in [1.807, 2.05) is 60.6 Å². The molecule has 0 aliphatic carbocycles.